The van der Waals surface area contributed by atoms with Gasteiger partial charge < -0.3 is 30.7 Å². The van der Waals surface area contributed by atoms with Crippen LogP contribution in [-0.4, -0.2) is 65.0 Å². The number of benzene rings is 6. The van der Waals surface area contributed by atoms with E-state index >= 15 is 0 Å². The fraction of sp³-hybridized carbons (Fsp3) is 0.286. The topological polar surface area (TPSA) is 208 Å². The van der Waals surface area contributed by atoms with Crippen molar-refractivity contribution >= 4 is 85.6 Å². The molecule has 2 heterocycles. The third-order valence-corrected chi connectivity index (χ3v) is 15.5. The largest absolute Gasteiger partial charge is 0.697 e. The molecule has 2 aliphatic rings. The number of nitrogens with two attached hydrogens (primary N) is 1. The lowest BCUT2D eigenvalue weighted by atomic mass is 10.0. The number of nitrogens with zero attached hydrogens (tertiary/aromatic N) is 2. The number of rotatable bonds is 13. The third-order valence-electron chi connectivity index (χ3n) is 12.8. The normalized spacial score (nSPS) is 15.9. The maximum Gasteiger partial charge on any atom is 0.697 e. The van der Waals surface area contributed by atoms with Crippen LogP contribution in [0.2, 0.25) is 10.0 Å². The maximum atomic E-state index is 13.8. The maximum absolute atomic E-state index is 13.8. The van der Waals surface area contributed by atoms with Crippen LogP contribution in [0.4, 0.5) is 22.7 Å². The fourth-order valence-corrected chi connectivity index (χ4v) is 10.7. The van der Waals surface area contributed by atoms with Crippen molar-refractivity contribution in [2.75, 3.05) is 61.8 Å². The van der Waals surface area contributed by atoms with Gasteiger partial charge in [0.15, 0.2) is 0 Å². The molecule has 0 saturated heterocycles. The SMILES string of the molecule is CN.CNP(=O)(OC)OC1CCCN(C(=O)c2ccc(NC(=O)c3ccccc3C)cc2C)c2ccc(Cl)cc21.CO[P+](=O)OC1CCCN(C(=O)c2ccc(NC(=O)c3ccccc3C)cc2C)c2ccc(Cl)cc21. The minimum atomic E-state index is -3.52. The summed E-state index contributed by atoms with van der Waals surface area (Å²) in [6.45, 7) is 8.35. The van der Waals surface area contributed by atoms with Gasteiger partial charge in [0.2, 0.25) is 0 Å². The van der Waals surface area contributed by atoms with Gasteiger partial charge in [-0.3, -0.25) is 23.7 Å². The zero-order chi connectivity index (χ0) is 55.3. The number of fused-ring (bicyclic) bond motifs is 2. The van der Waals surface area contributed by atoms with Crippen molar-refractivity contribution in [1.82, 2.24) is 5.09 Å². The highest BCUT2D eigenvalue weighted by atomic mass is 35.5. The molecule has 0 radical (unpaired) electrons. The average molecular weight is 1110 g/mol. The molecular formula is C56H63Cl2N6O10P2+. The smallest absolute Gasteiger partial charge is 0.333 e. The molecule has 0 saturated carbocycles. The molecule has 0 fully saturated rings. The van der Waals surface area contributed by atoms with Crippen molar-refractivity contribution < 1.29 is 46.4 Å². The Morgan fingerprint density at radius 1 is 0.605 bits per heavy atom. The van der Waals surface area contributed by atoms with E-state index in [2.05, 4.69) is 21.5 Å². The molecule has 20 heteroatoms. The Morgan fingerprint density at radius 2 is 1.04 bits per heavy atom. The zero-order valence-corrected chi connectivity index (χ0v) is 46.9. The van der Waals surface area contributed by atoms with E-state index in [4.69, 9.17) is 41.3 Å². The molecule has 4 amide bonds. The Labute approximate surface area is 455 Å². The van der Waals surface area contributed by atoms with Crippen LogP contribution in [0.3, 0.4) is 0 Å². The highest BCUT2D eigenvalue weighted by Gasteiger charge is 2.36. The lowest BCUT2D eigenvalue weighted by molar-refractivity contribution is 0.0978. The highest BCUT2D eigenvalue weighted by molar-refractivity contribution is 7.51. The standard InChI is InChI=1S/C28H31ClN3O5P.C27H26ClN2O5P.CH5N/c1-18-8-5-6-9-22(18)27(33)31-21-12-13-23(19(2)16-21)28(34)32-15-7-10-26(37-38(35,30-3)36-4)24-17-20(29)11-14-25(24)32;1-17-7-4-5-8-21(17)26(31)29-20-11-12-22(18(2)15-20)27(32)30-14-6-9-25(35-36(33)34-3)23-16-19(28)10-13-24(23)30;1-2/h5-6,8-9,11-14,16-17,26H,7,10,15H2,1-4H3,(H,30,35)(H,31,33);4-5,7-8,10-13,15-16,25H,6,9,14H2,1-3H3;2H2,1H3/p+1. The first kappa shape index (κ1) is 59.1. The summed E-state index contributed by atoms with van der Waals surface area (Å²) in [6.07, 6.45) is 1.23. The molecule has 0 spiro atoms. The van der Waals surface area contributed by atoms with Crippen molar-refractivity contribution in [1.29, 1.82) is 0 Å². The van der Waals surface area contributed by atoms with E-state index < -0.39 is 28.2 Å². The molecule has 4 unspecified atom stereocenters. The molecule has 400 valence electrons. The number of nitrogens with one attached hydrogen (secondary N) is 3. The van der Waals surface area contributed by atoms with Crippen molar-refractivity contribution in [3.8, 4) is 0 Å². The Bertz CT molecular complexity index is 3150. The van der Waals surface area contributed by atoms with Gasteiger partial charge in [-0.2, -0.15) is 0 Å². The Balaban J connectivity index is 0.000000239. The minimum Gasteiger partial charge on any atom is -0.333 e. The quantitative estimate of drug-likeness (QED) is 0.0797. The van der Waals surface area contributed by atoms with E-state index in [0.717, 1.165) is 22.3 Å². The molecular weight excluding hydrogens is 1050 g/mol. The predicted octanol–water partition coefficient (Wildman–Crippen LogP) is 13.3. The molecule has 5 N–H and O–H groups in total. The number of anilines is 4. The van der Waals surface area contributed by atoms with Gasteiger partial charge in [-0.05, 0) is 175 Å². The molecule has 4 atom stereocenters. The summed E-state index contributed by atoms with van der Waals surface area (Å²) >= 11 is 12.6. The highest BCUT2D eigenvalue weighted by Crippen LogP contribution is 2.51. The van der Waals surface area contributed by atoms with Crippen LogP contribution in [0.1, 0.15) is 113 Å². The predicted molar refractivity (Wildman–Crippen MR) is 301 cm³/mol. The van der Waals surface area contributed by atoms with E-state index in [1.807, 2.05) is 64.1 Å². The summed E-state index contributed by atoms with van der Waals surface area (Å²) in [6, 6.07) is 35.7. The fourth-order valence-electron chi connectivity index (χ4n) is 8.93. The van der Waals surface area contributed by atoms with Gasteiger partial charge in [0, 0.05) is 85.3 Å². The Kier molecular flexibility index (Phi) is 21.2. The van der Waals surface area contributed by atoms with Gasteiger partial charge in [-0.1, -0.05) is 59.6 Å². The van der Waals surface area contributed by atoms with Gasteiger partial charge >= 0.3 is 16.0 Å². The molecule has 0 aromatic heterocycles. The molecule has 6 aromatic rings. The Hall–Kier alpha value is -6.13. The van der Waals surface area contributed by atoms with Crippen LogP contribution in [0.25, 0.3) is 0 Å². The minimum absolute atomic E-state index is 0.176. The first-order valence-corrected chi connectivity index (χ1v) is 27.8. The number of aryl methyl sites for hydroxylation is 4. The number of amides is 4. The van der Waals surface area contributed by atoms with Crippen molar-refractivity contribution in [2.45, 2.75) is 65.6 Å². The number of hydrogen-bond acceptors (Lipinski definition) is 11. The van der Waals surface area contributed by atoms with Crippen molar-refractivity contribution in [2.24, 2.45) is 5.73 Å². The van der Waals surface area contributed by atoms with E-state index in [-0.39, 0.29) is 23.6 Å². The molecule has 0 aliphatic carbocycles. The second-order valence-electron chi connectivity index (χ2n) is 17.7. The number of carbonyl (C=O) groups excluding carboxylic acids is 4. The zero-order valence-electron chi connectivity index (χ0n) is 43.6. The van der Waals surface area contributed by atoms with Gasteiger partial charge in [0.1, 0.15) is 6.10 Å². The molecule has 2 aliphatic heterocycles. The molecule has 8 rings (SSSR count). The van der Waals surface area contributed by atoms with Crippen LogP contribution in [0.15, 0.2) is 121 Å². The van der Waals surface area contributed by atoms with Gasteiger partial charge in [0.05, 0.1) is 18.9 Å². The van der Waals surface area contributed by atoms with Crippen LogP contribution >= 0.6 is 39.2 Å². The van der Waals surface area contributed by atoms with Crippen molar-refractivity contribution in [3.05, 3.63) is 187 Å². The van der Waals surface area contributed by atoms with Crippen LogP contribution in [-0.2, 0) is 27.2 Å². The first-order chi connectivity index (χ1) is 36.4. The van der Waals surface area contributed by atoms with Crippen LogP contribution in [0, 0.1) is 27.7 Å². The molecule has 76 heavy (non-hydrogen) atoms. The summed E-state index contributed by atoms with van der Waals surface area (Å²) in [5.74, 6) is -0.775. The van der Waals surface area contributed by atoms with Gasteiger partial charge in [-0.25, -0.2) is 9.65 Å². The molecule has 16 nitrogen and oxygen atoms in total. The van der Waals surface area contributed by atoms with E-state index in [9.17, 15) is 28.3 Å². The second-order valence-corrected chi connectivity index (χ2v) is 21.6. The first-order valence-electron chi connectivity index (χ1n) is 24.4. The number of carbonyl (C=O) groups is 4. The summed E-state index contributed by atoms with van der Waals surface area (Å²) in [7, 11) is -0.167. The summed E-state index contributed by atoms with van der Waals surface area (Å²) in [5, 5.41) is 9.41. The summed E-state index contributed by atoms with van der Waals surface area (Å²) in [5.41, 5.74) is 13.8. The Morgan fingerprint density at radius 3 is 1.45 bits per heavy atom. The lowest BCUT2D eigenvalue weighted by Crippen LogP contribution is -2.32. The molecule has 6 aromatic carbocycles. The third kappa shape index (κ3) is 14.5. The summed E-state index contributed by atoms with van der Waals surface area (Å²) in [4.78, 5) is 56.3. The van der Waals surface area contributed by atoms with Gasteiger partial charge in [-0.15, -0.1) is 9.05 Å². The van der Waals surface area contributed by atoms with Gasteiger partial charge in [0.25, 0.3) is 23.6 Å². The van der Waals surface area contributed by atoms with E-state index in [1.165, 1.54) is 28.3 Å². The van der Waals surface area contributed by atoms with E-state index in [0.29, 0.717) is 105 Å². The van der Waals surface area contributed by atoms with Crippen molar-refractivity contribution in [3.63, 3.8) is 0 Å². The average Bonchev–Trinajstić information content (AvgIpc) is 3.70. The molecule has 0 bridgehead atoms. The lowest BCUT2D eigenvalue weighted by Gasteiger charge is -2.26. The van der Waals surface area contributed by atoms with Crippen LogP contribution in [0.5, 0.6) is 0 Å². The van der Waals surface area contributed by atoms with E-state index in [1.54, 1.807) is 94.7 Å². The monoisotopic (exact) mass is 1110 g/mol. The number of hydrogen-bond donors (Lipinski definition) is 4. The number of halogens is 2. The second kappa shape index (κ2) is 27.3. The summed E-state index contributed by atoms with van der Waals surface area (Å²) < 4.78 is 46.2. The van der Waals surface area contributed by atoms with Crippen LogP contribution < -0.4 is 31.3 Å².